The van der Waals surface area contributed by atoms with Crippen molar-refractivity contribution >= 4 is 23.4 Å². The molecule has 0 unspecified atom stereocenters. The zero-order valence-corrected chi connectivity index (χ0v) is 19.9. The fourth-order valence-electron chi connectivity index (χ4n) is 4.96. The molecule has 2 aliphatic carbocycles. The van der Waals surface area contributed by atoms with Gasteiger partial charge >= 0.3 is 0 Å². The molecule has 2 saturated carbocycles. The number of rotatable bonds is 8. The third-order valence-electron chi connectivity index (χ3n) is 6.90. The van der Waals surface area contributed by atoms with E-state index in [1.165, 1.54) is 31.2 Å². The first-order valence-corrected chi connectivity index (χ1v) is 12.2. The van der Waals surface area contributed by atoms with E-state index in [1.54, 1.807) is 24.3 Å². The summed E-state index contributed by atoms with van der Waals surface area (Å²) in [6.45, 7) is 0.174. The van der Waals surface area contributed by atoms with Gasteiger partial charge in [0, 0.05) is 35.0 Å². The van der Waals surface area contributed by atoms with Crippen LogP contribution in [-0.2, 0) is 9.59 Å². The van der Waals surface area contributed by atoms with Gasteiger partial charge in [-0.05, 0) is 79.6 Å². The molecule has 0 heterocycles. The second-order valence-corrected chi connectivity index (χ2v) is 9.35. The molecule has 9 nitrogen and oxygen atoms in total. The van der Waals surface area contributed by atoms with E-state index in [9.17, 15) is 14.4 Å². The molecule has 0 aromatic heterocycles. The summed E-state index contributed by atoms with van der Waals surface area (Å²) in [6, 6.07) is 13.3. The van der Waals surface area contributed by atoms with Gasteiger partial charge in [0.25, 0.3) is 11.8 Å². The number of anilines is 1. The molecule has 4 atom stereocenters. The molecule has 9 heteroatoms. The molecule has 2 aromatic carbocycles. The summed E-state index contributed by atoms with van der Waals surface area (Å²) in [5, 5.41) is 17.5. The van der Waals surface area contributed by atoms with Crippen LogP contribution in [0, 0.1) is 23.7 Å². The SMILES string of the molecule is NC[C@H](NC(=O)c1ccc(C#Cc2ccc(NC(=O)CN[C@@H]3C[C@@H]4CC[C@@H]3C4)cc2)cc1)C(=O)NO. The average molecular weight is 490 g/mol. The third kappa shape index (κ3) is 6.49. The predicted octanol–water partition coefficient (Wildman–Crippen LogP) is 1.37. The van der Waals surface area contributed by atoms with Gasteiger partial charge in [0.1, 0.15) is 6.04 Å². The standard InChI is InChI=1S/C27H31N5O4/c28-15-24(27(35)32-36)31-26(34)20-8-3-17(4-9-20)1-2-18-6-11-22(12-7-18)30-25(33)16-29-23-14-19-5-10-21(23)13-19/h3-4,6-9,11-12,19,21,23-24,29,36H,5,10,13-16,28H2,(H,30,33)(H,31,34)(H,32,35)/t19-,21-,23-,24+/m1/s1. The van der Waals surface area contributed by atoms with Crippen molar-refractivity contribution in [3.8, 4) is 11.8 Å². The first-order chi connectivity index (χ1) is 17.4. The van der Waals surface area contributed by atoms with Crippen LogP contribution in [0.25, 0.3) is 0 Å². The van der Waals surface area contributed by atoms with E-state index in [1.807, 2.05) is 24.3 Å². The third-order valence-corrected chi connectivity index (χ3v) is 6.90. The van der Waals surface area contributed by atoms with Crippen LogP contribution in [0.15, 0.2) is 48.5 Å². The molecule has 0 saturated heterocycles. The van der Waals surface area contributed by atoms with Gasteiger partial charge in [-0.1, -0.05) is 18.3 Å². The van der Waals surface area contributed by atoms with Gasteiger partial charge in [-0.3, -0.25) is 19.6 Å². The molecule has 36 heavy (non-hydrogen) atoms. The minimum atomic E-state index is -1.03. The summed E-state index contributed by atoms with van der Waals surface area (Å²) in [5.41, 5.74) is 9.47. The zero-order valence-electron chi connectivity index (χ0n) is 19.9. The number of hydrogen-bond donors (Lipinski definition) is 6. The topological polar surface area (TPSA) is 146 Å². The number of hydrogen-bond acceptors (Lipinski definition) is 6. The van der Waals surface area contributed by atoms with Crippen molar-refractivity contribution in [3.63, 3.8) is 0 Å². The Labute approximate surface area is 210 Å². The van der Waals surface area contributed by atoms with Crippen LogP contribution in [-0.4, -0.2) is 48.1 Å². The van der Waals surface area contributed by atoms with E-state index in [2.05, 4.69) is 27.8 Å². The molecule has 188 valence electrons. The largest absolute Gasteiger partial charge is 0.339 e. The summed E-state index contributed by atoms with van der Waals surface area (Å²) < 4.78 is 0. The minimum Gasteiger partial charge on any atom is -0.339 e. The number of nitrogens with one attached hydrogen (secondary N) is 4. The van der Waals surface area contributed by atoms with Crippen LogP contribution in [0.5, 0.6) is 0 Å². The Balaban J connectivity index is 1.26. The van der Waals surface area contributed by atoms with Gasteiger partial charge in [-0.25, -0.2) is 5.48 Å². The van der Waals surface area contributed by atoms with E-state index >= 15 is 0 Å². The number of nitrogens with two attached hydrogens (primary N) is 1. The van der Waals surface area contributed by atoms with Crippen LogP contribution in [0.3, 0.4) is 0 Å². The van der Waals surface area contributed by atoms with Gasteiger partial charge in [0.15, 0.2) is 0 Å². The van der Waals surface area contributed by atoms with Crippen LogP contribution in [0.4, 0.5) is 5.69 Å². The summed E-state index contributed by atoms with van der Waals surface area (Å²) in [4.78, 5) is 36.0. The monoisotopic (exact) mass is 489 g/mol. The van der Waals surface area contributed by atoms with Crippen molar-refractivity contribution in [1.82, 2.24) is 16.1 Å². The second-order valence-electron chi connectivity index (χ2n) is 9.35. The normalized spacial score (nSPS) is 20.7. The van der Waals surface area contributed by atoms with Crippen molar-refractivity contribution in [2.75, 3.05) is 18.4 Å². The van der Waals surface area contributed by atoms with Crippen LogP contribution in [0.2, 0.25) is 0 Å². The van der Waals surface area contributed by atoms with Gasteiger partial charge in [0.05, 0.1) is 6.54 Å². The fraction of sp³-hybridized carbons (Fsp3) is 0.370. The summed E-state index contributed by atoms with van der Waals surface area (Å²) in [5.74, 6) is 6.35. The quantitative estimate of drug-likeness (QED) is 0.188. The Hall–Kier alpha value is -3.71. The number of carbonyl (C=O) groups is 3. The number of amides is 3. The first kappa shape index (κ1) is 25.4. The highest BCUT2D eigenvalue weighted by atomic mass is 16.5. The van der Waals surface area contributed by atoms with E-state index in [-0.39, 0.29) is 12.5 Å². The molecule has 2 bridgehead atoms. The molecule has 2 aliphatic rings. The van der Waals surface area contributed by atoms with Crippen molar-refractivity contribution < 1.29 is 19.6 Å². The molecule has 0 radical (unpaired) electrons. The lowest BCUT2D eigenvalue weighted by Gasteiger charge is -2.22. The molecule has 3 amide bonds. The van der Waals surface area contributed by atoms with Crippen LogP contribution >= 0.6 is 0 Å². The lowest BCUT2D eigenvalue weighted by Crippen LogP contribution is -2.50. The number of hydroxylamine groups is 1. The van der Waals surface area contributed by atoms with Crippen molar-refractivity contribution in [2.24, 2.45) is 17.6 Å². The zero-order chi connectivity index (χ0) is 25.5. The van der Waals surface area contributed by atoms with Crippen LogP contribution in [0.1, 0.15) is 47.2 Å². The fourth-order valence-corrected chi connectivity index (χ4v) is 4.96. The van der Waals surface area contributed by atoms with Crippen molar-refractivity contribution in [2.45, 2.75) is 37.8 Å². The predicted molar refractivity (Wildman–Crippen MR) is 135 cm³/mol. The molecule has 7 N–H and O–H groups in total. The minimum absolute atomic E-state index is 0.0458. The average Bonchev–Trinajstić information content (AvgIpc) is 3.53. The summed E-state index contributed by atoms with van der Waals surface area (Å²) in [7, 11) is 0. The van der Waals surface area contributed by atoms with Crippen LogP contribution < -0.4 is 27.2 Å². The smallest absolute Gasteiger partial charge is 0.267 e. The highest BCUT2D eigenvalue weighted by molar-refractivity contribution is 5.97. The number of carbonyl (C=O) groups excluding carboxylic acids is 3. The molecule has 0 aliphatic heterocycles. The Kier molecular flexibility index (Phi) is 8.33. The maximum Gasteiger partial charge on any atom is 0.267 e. The van der Waals surface area contributed by atoms with Gasteiger partial charge in [-0.15, -0.1) is 0 Å². The van der Waals surface area contributed by atoms with Crippen molar-refractivity contribution in [3.05, 3.63) is 65.2 Å². The van der Waals surface area contributed by atoms with E-state index in [0.717, 1.165) is 23.1 Å². The molecular formula is C27H31N5O4. The maximum absolute atomic E-state index is 12.3. The highest BCUT2D eigenvalue weighted by Gasteiger charge is 2.39. The molecular weight excluding hydrogens is 458 g/mol. The Morgan fingerprint density at radius 2 is 1.64 bits per heavy atom. The molecule has 2 fully saturated rings. The molecule has 2 aromatic rings. The van der Waals surface area contributed by atoms with Gasteiger partial charge < -0.3 is 21.7 Å². The van der Waals surface area contributed by atoms with E-state index < -0.39 is 17.9 Å². The Bertz CT molecular complexity index is 1150. The second kappa shape index (κ2) is 11.8. The Morgan fingerprint density at radius 1 is 0.972 bits per heavy atom. The number of fused-ring (bicyclic) bond motifs is 2. The van der Waals surface area contributed by atoms with Crippen molar-refractivity contribution in [1.29, 1.82) is 0 Å². The van der Waals surface area contributed by atoms with Gasteiger partial charge in [0.2, 0.25) is 5.91 Å². The number of benzene rings is 2. The van der Waals surface area contributed by atoms with Gasteiger partial charge in [-0.2, -0.15) is 0 Å². The maximum atomic E-state index is 12.3. The first-order valence-electron chi connectivity index (χ1n) is 12.2. The highest BCUT2D eigenvalue weighted by Crippen LogP contribution is 2.44. The molecule has 4 rings (SSSR count). The Morgan fingerprint density at radius 3 is 2.19 bits per heavy atom. The summed E-state index contributed by atoms with van der Waals surface area (Å²) in [6.07, 6.45) is 5.13. The van der Waals surface area contributed by atoms with E-state index in [4.69, 9.17) is 10.9 Å². The van der Waals surface area contributed by atoms with E-state index in [0.29, 0.717) is 23.7 Å². The lowest BCUT2D eigenvalue weighted by atomic mass is 9.95. The molecule has 0 spiro atoms. The lowest BCUT2D eigenvalue weighted by molar-refractivity contribution is -0.130. The summed E-state index contributed by atoms with van der Waals surface area (Å²) >= 11 is 0.